The van der Waals surface area contributed by atoms with Crippen molar-refractivity contribution in [1.29, 1.82) is 0 Å². The number of likely N-dealkylation sites (N-methyl/N-ethyl adjacent to an activating group) is 1. The van der Waals surface area contributed by atoms with E-state index in [9.17, 15) is 28.7 Å². The molecule has 41 heavy (non-hydrogen) atoms. The highest BCUT2D eigenvalue weighted by Crippen LogP contribution is 2.31. The van der Waals surface area contributed by atoms with Gasteiger partial charge in [-0.15, -0.1) is 0 Å². The van der Waals surface area contributed by atoms with Crippen LogP contribution in [0.25, 0.3) is 0 Å². The number of phenols is 1. The van der Waals surface area contributed by atoms with E-state index >= 15 is 0 Å². The molecular formula is C30H40FN5O5. The lowest BCUT2D eigenvalue weighted by atomic mass is 9.84. The van der Waals surface area contributed by atoms with Gasteiger partial charge >= 0.3 is 6.03 Å². The van der Waals surface area contributed by atoms with Crippen molar-refractivity contribution in [1.82, 2.24) is 20.9 Å². The van der Waals surface area contributed by atoms with E-state index in [-0.39, 0.29) is 29.9 Å². The quantitative estimate of drug-likeness (QED) is 0.276. The summed E-state index contributed by atoms with van der Waals surface area (Å²) in [5.41, 5.74) is 7.93. The van der Waals surface area contributed by atoms with E-state index in [0.717, 1.165) is 5.56 Å². The van der Waals surface area contributed by atoms with Gasteiger partial charge in [-0.3, -0.25) is 19.7 Å². The summed E-state index contributed by atoms with van der Waals surface area (Å²) >= 11 is 0. The predicted molar refractivity (Wildman–Crippen MR) is 152 cm³/mol. The topological polar surface area (TPSA) is 154 Å². The molecule has 0 aromatic heterocycles. The Kier molecular flexibility index (Phi) is 9.75. The van der Waals surface area contributed by atoms with Crippen LogP contribution in [0.2, 0.25) is 0 Å². The van der Waals surface area contributed by atoms with Gasteiger partial charge < -0.3 is 26.4 Å². The number of carbonyl (C=O) groups excluding carboxylic acids is 4. The van der Waals surface area contributed by atoms with Crippen molar-refractivity contribution in [2.75, 3.05) is 7.05 Å². The molecule has 1 saturated heterocycles. The number of halogens is 1. The van der Waals surface area contributed by atoms with Crippen molar-refractivity contribution in [3.63, 3.8) is 0 Å². The summed E-state index contributed by atoms with van der Waals surface area (Å²) in [6.07, 6.45) is 0.323. The van der Waals surface area contributed by atoms with Crippen molar-refractivity contribution in [2.45, 2.75) is 77.0 Å². The van der Waals surface area contributed by atoms with Gasteiger partial charge in [-0.25, -0.2) is 9.18 Å². The van der Waals surface area contributed by atoms with Gasteiger partial charge in [0.2, 0.25) is 11.8 Å². The minimum absolute atomic E-state index is 0.130. The molecule has 2 aromatic rings. The number of carbonyl (C=O) groups is 4. The van der Waals surface area contributed by atoms with Crippen LogP contribution in [0.3, 0.4) is 0 Å². The van der Waals surface area contributed by atoms with Crippen molar-refractivity contribution in [3.8, 4) is 5.75 Å². The average molecular weight is 570 g/mol. The first-order valence-electron chi connectivity index (χ1n) is 13.6. The van der Waals surface area contributed by atoms with Crippen LogP contribution in [0.4, 0.5) is 9.18 Å². The molecule has 4 unspecified atom stereocenters. The van der Waals surface area contributed by atoms with Crippen molar-refractivity contribution in [2.24, 2.45) is 11.7 Å². The third-order valence-corrected chi connectivity index (χ3v) is 7.21. The summed E-state index contributed by atoms with van der Waals surface area (Å²) in [7, 11) is 1.49. The first-order valence-corrected chi connectivity index (χ1v) is 13.6. The number of nitrogens with two attached hydrogens (primary N) is 1. The fraction of sp³-hybridized carbons (Fsp3) is 0.467. The number of rotatable bonds is 10. The number of nitrogens with zero attached hydrogens (tertiary/aromatic N) is 1. The number of nitrogens with one attached hydrogen (secondary N) is 3. The van der Waals surface area contributed by atoms with Crippen LogP contribution in [0.5, 0.6) is 5.75 Å². The Balaban J connectivity index is 1.84. The number of hydrogen-bond donors (Lipinski definition) is 5. The van der Waals surface area contributed by atoms with Crippen LogP contribution < -0.4 is 21.7 Å². The predicted octanol–water partition coefficient (Wildman–Crippen LogP) is 2.12. The Labute approximate surface area is 239 Å². The molecule has 0 aliphatic carbocycles. The molecule has 1 fully saturated rings. The number of imide groups is 1. The second-order valence-electron chi connectivity index (χ2n) is 11.9. The number of phenolic OH excluding ortho intramolecular Hbond substituents is 1. The van der Waals surface area contributed by atoms with Crippen LogP contribution in [0.15, 0.2) is 42.5 Å². The minimum Gasteiger partial charge on any atom is -0.508 e. The highest BCUT2D eigenvalue weighted by Gasteiger charge is 2.40. The molecule has 11 heteroatoms. The molecule has 0 radical (unpaired) electrons. The maximum atomic E-state index is 13.7. The Morgan fingerprint density at radius 3 is 2.22 bits per heavy atom. The molecule has 6 N–H and O–H groups in total. The molecule has 10 nitrogen and oxygen atoms in total. The largest absolute Gasteiger partial charge is 0.508 e. The maximum Gasteiger partial charge on any atom is 0.322 e. The van der Waals surface area contributed by atoms with Crippen LogP contribution in [0.1, 0.15) is 51.3 Å². The van der Waals surface area contributed by atoms with E-state index in [1.165, 1.54) is 24.1 Å². The van der Waals surface area contributed by atoms with Crippen LogP contribution in [-0.2, 0) is 32.6 Å². The van der Waals surface area contributed by atoms with E-state index in [1.807, 2.05) is 26.8 Å². The van der Waals surface area contributed by atoms with Gasteiger partial charge in [0.05, 0.1) is 12.1 Å². The fourth-order valence-corrected chi connectivity index (χ4v) is 5.09. The van der Waals surface area contributed by atoms with Crippen LogP contribution in [-0.4, -0.2) is 65.0 Å². The number of amides is 5. The third-order valence-electron chi connectivity index (χ3n) is 7.21. The molecule has 0 saturated carbocycles. The minimum atomic E-state index is -1.05. The molecule has 1 aliphatic rings. The maximum absolute atomic E-state index is 13.7. The molecule has 4 atom stereocenters. The lowest BCUT2D eigenvalue weighted by Crippen LogP contribution is -2.59. The smallest absolute Gasteiger partial charge is 0.322 e. The van der Waals surface area contributed by atoms with E-state index < -0.39 is 53.7 Å². The molecule has 0 bridgehead atoms. The molecule has 2 aromatic carbocycles. The zero-order valence-electron chi connectivity index (χ0n) is 24.3. The monoisotopic (exact) mass is 569 g/mol. The number of benzene rings is 2. The standard InChI is InChI=1S/C30H40FN5O5/c1-16(2)25(36(6)28(40)21(32)14-17-7-10-19(31)11-8-17)27(39)33-22(24-26(38)35-29(41)34-24)15-18-9-12-23(37)20(13-18)30(3,4)5/h7-13,16,21-22,24-25,37H,14-15,32H2,1-6H3,(H,33,39)(H2,34,35,38,41). The van der Waals surface area contributed by atoms with Gasteiger partial charge in [-0.05, 0) is 59.1 Å². The lowest BCUT2D eigenvalue weighted by Gasteiger charge is -2.34. The number of urea groups is 1. The van der Waals surface area contributed by atoms with Gasteiger partial charge in [0.25, 0.3) is 5.91 Å². The molecule has 5 amide bonds. The first-order chi connectivity index (χ1) is 19.1. The van der Waals surface area contributed by atoms with Gasteiger partial charge in [0, 0.05) is 7.05 Å². The Bertz CT molecular complexity index is 1290. The first kappa shape index (κ1) is 31.5. The number of hydrogen-bond acceptors (Lipinski definition) is 6. The highest BCUT2D eigenvalue weighted by atomic mass is 19.1. The summed E-state index contributed by atoms with van der Waals surface area (Å²) < 4.78 is 13.3. The molecule has 1 heterocycles. The molecule has 1 aliphatic heterocycles. The van der Waals surface area contributed by atoms with E-state index in [0.29, 0.717) is 11.1 Å². The summed E-state index contributed by atoms with van der Waals surface area (Å²) in [6, 6.07) is 6.27. The van der Waals surface area contributed by atoms with Crippen molar-refractivity contribution >= 4 is 23.8 Å². The number of aromatic hydroxyl groups is 1. The van der Waals surface area contributed by atoms with E-state index in [1.54, 1.807) is 38.1 Å². The second kappa shape index (κ2) is 12.7. The fourth-order valence-electron chi connectivity index (χ4n) is 5.09. The summed E-state index contributed by atoms with van der Waals surface area (Å²) in [4.78, 5) is 52.8. The summed E-state index contributed by atoms with van der Waals surface area (Å²) in [6.45, 7) is 9.44. The third kappa shape index (κ3) is 7.81. The molecule has 222 valence electrons. The van der Waals surface area contributed by atoms with Gasteiger partial charge in [0.15, 0.2) is 0 Å². The lowest BCUT2D eigenvalue weighted by molar-refractivity contribution is -0.142. The van der Waals surface area contributed by atoms with Gasteiger partial charge in [-0.1, -0.05) is 58.9 Å². The van der Waals surface area contributed by atoms with Crippen molar-refractivity contribution < 1.29 is 28.7 Å². The molecule has 3 rings (SSSR count). The average Bonchev–Trinajstić information content (AvgIpc) is 3.22. The Morgan fingerprint density at radius 2 is 1.68 bits per heavy atom. The summed E-state index contributed by atoms with van der Waals surface area (Å²) in [5, 5.41) is 18.0. The van der Waals surface area contributed by atoms with E-state index in [2.05, 4.69) is 16.0 Å². The Morgan fingerprint density at radius 1 is 1.07 bits per heavy atom. The normalized spacial score (nSPS) is 17.4. The highest BCUT2D eigenvalue weighted by molar-refractivity contribution is 6.05. The zero-order valence-corrected chi connectivity index (χ0v) is 24.3. The second-order valence-corrected chi connectivity index (χ2v) is 11.9. The van der Waals surface area contributed by atoms with Gasteiger partial charge in [0.1, 0.15) is 23.7 Å². The van der Waals surface area contributed by atoms with Gasteiger partial charge in [-0.2, -0.15) is 0 Å². The zero-order chi connectivity index (χ0) is 30.6. The van der Waals surface area contributed by atoms with Crippen LogP contribution >= 0.6 is 0 Å². The van der Waals surface area contributed by atoms with Crippen LogP contribution in [0, 0.1) is 11.7 Å². The van der Waals surface area contributed by atoms with E-state index in [4.69, 9.17) is 5.73 Å². The Hall–Kier alpha value is -3.99. The SMILES string of the molecule is CC(C)C(C(=O)NC(Cc1ccc(O)c(C(C)(C)C)c1)C1NC(=O)NC1=O)N(C)C(=O)C(N)Cc1ccc(F)cc1. The summed E-state index contributed by atoms with van der Waals surface area (Å²) in [5.74, 6) is -2.16. The molecule has 0 spiro atoms. The van der Waals surface area contributed by atoms with Crippen molar-refractivity contribution in [3.05, 3.63) is 65.0 Å². The molecular weight excluding hydrogens is 529 g/mol.